The van der Waals surface area contributed by atoms with Crippen LogP contribution in [0.4, 0.5) is 0 Å². The minimum absolute atomic E-state index is 0.736. The highest BCUT2D eigenvalue weighted by Crippen LogP contribution is 2.44. The summed E-state index contributed by atoms with van der Waals surface area (Å²) in [5.74, 6) is 0. The first kappa shape index (κ1) is 26.6. The predicted molar refractivity (Wildman–Crippen MR) is 132 cm³/mol. The molecule has 0 aliphatic heterocycles. The van der Waals surface area contributed by atoms with E-state index in [0.717, 1.165) is 42.4 Å². The van der Waals surface area contributed by atoms with Crippen molar-refractivity contribution < 1.29 is 8.85 Å². The first-order valence-corrected chi connectivity index (χ1v) is 15.8. The van der Waals surface area contributed by atoms with Crippen molar-refractivity contribution in [2.75, 3.05) is 19.8 Å². The van der Waals surface area contributed by atoms with Gasteiger partial charge in [-0.05, 0) is 55.0 Å². The molecule has 168 valence electrons. The van der Waals surface area contributed by atoms with Crippen LogP contribution in [-0.2, 0) is 15.4 Å². The van der Waals surface area contributed by atoms with E-state index in [2.05, 4.69) is 90.3 Å². The third-order valence-corrected chi connectivity index (χ3v) is 15.7. The Morgan fingerprint density at radius 2 is 1.34 bits per heavy atom. The Bertz CT molecular complexity index is 509. The van der Waals surface area contributed by atoms with E-state index in [1.807, 2.05) is 0 Å². The Labute approximate surface area is 184 Å². The fourth-order valence-corrected chi connectivity index (χ4v) is 14.5. The number of rotatable bonds is 15. The molecule has 29 heavy (non-hydrogen) atoms. The van der Waals surface area contributed by atoms with Gasteiger partial charge in [-0.15, -0.1) is 0 Å². The molecule has 0 heterocycles. The van der Waals surface area contributed by atoms with Gasteiger partial charge in [0, 0.05) is 19.8 Å². The Balaban J connectivity index is 2.96. The van der Waals surface area contributed by atoms with E-state index >= 15 is 0 Å². The fraction of sp³-hybridized carbons (Fsp3) is 0.750. The Kier molecular flexibility index (Phi) is 12.6. The smallest absolute Gasteiger partial charge is 0.321 e. The lowest BCUT2D eigenvalue weighted by molar-refractivity contribution is 0.212. The third-order valence-electron chi connectivity index (χ3n) is 6.36. The van der Waals surface area contributed by atoms with Gasteiger partial charge in [0.2, 0.25) is 0 Å². The molecule has 1 aromatic carbocycles. The van der Waals surface area contributed by atoms with Crippen LogP contribution >= 0.6 is 0 Å². The minimum atomic E-state index is -1.67. The fourth-order valence-electron chi connectivity index (χ4n) is 5.51. The van der Waals surface area contributed by atoms with Crippen molar-refractivity contribution >= 4 is 17.5 Å². The van der Waals surface area contributed by atoms with E-state index in [-0.39, 0.29) is 0 Å². The molecule has 0 N–H and O–H groups in total. The average Bonchev–Trinajstić information content (AvgIpc) is 2.65. The molecule has 0 radical (unpaired) electrons. The van der Waals surface area contributed by atoms with E-state index in [9.17, 15) is 0 Å². The van der Waals surface area contributed by atoms with Crippen LogP contribution in [0.2, 0.25) is 22.7 Å². The van der Waals surface area contributed by atoms with Crippen LogP contribution in [0.25, 0.3) is 0 Å². The molecule has 3 nitrogen and oxygen atoms in total. The second-order valence-corrected chi connectivity index (χ2v) is 17.1. The number of hydrogen-bond acceptors (Lipinski definition) is 3. The van der Waals surface area contributed by atoms with Crippen molar-refractivity contribution in [2.24, 2.45) is 0 Å². The first-order valence-electron chi connectivity index (χ1n) is 11.8. The van der Waals surface area contributed by atoms with Crippen LogP contribution in [0.3, 0.4) is 0 Å². The summed E-state index contributed by atoms with van der Waals surface area (Å²) in [6.07, 6.45) is 2.44. The van der Waals surface area contributed by atoms with Crippen molar-refractivity contribution in [3.8, 4) is 0 Å². The maximum absolute atomic E-state index is 5.88. The summed E-state index contributed by atoms with van der Waals surface area (Å²) >= 11 is 0. The van der Waals surface area contributed by atoms with E-state index in [0.29, 0.717) is 0 Å². The number of unbranched alkanes of at least 4 members (excludes halogenated alkanes) is 1. The highest BCUT2D eigenvalue weighted by Gasteiger charge is 2.47. The quantitative estimate of drug-likeness (QED) is 0.224. The maximum Gasteiger partial charge on any atom is 0.321 e. The molecule has 0 unspecified atom stereocenters. The molecule has 1 rings (SSSR count). The Morgan fingerprint density at radius 3 is 1.79 bits per heavy atom. The molecule has 0 saturated heterocycles. The van der Waals surface area contributed by atoms with E-state index in [1.54, 1.807) is 0 Å². The van der Waals surface area contributed by atoms with Crippen molar-refractivity contribution in [1.82, 2.24) is 4.57 Å². The summed E-state index contributed by atoms with van der Waals surface area (Å²) in [6.45, 7) is 22.8. The van der Waals surface area contributed by atoms with Gasteiger partial charge < -0.3 is 13.4 Å². The lowest BCUT2D eigenvalue weighted by Gasteiger charge is -2.51. The first-order chi connectivity index (χ1) is 13.8. The van der Waals surface area contributed by atoms with Gasteiger partial charge in [0.25, 0.3) is 0 Å². The molecule has 0 aliphatic carbocycles. The standard InChI is InChI=1S/C24H47NO2Si2/c1-9-26-28(27-10-2)19-15-14-18-25(20-24-16-12-11-13-17-24)29(21(3)4,22(5)6)23(7)8/h11-13,16-17,21-23,28H,9-10,14-15,18-20H2,1-8H3. The second-order valence-electron chi connectivity index (χ2n) is 9.09. The molecule has 0 bridgehead atoms. The van der Waals surface area contributed by atoms with Gasteiger partial charge in [-0.3, -0.25) is 0 Å². The number of benzene rings is 1. The van der Waals surface area contributed by atoms with Gasteiger partial charge in [0.15, 0.2) is 0 Å². The zero-order chi connectivity index (χ0) is 21.9. The van der Waals surface area contributed by atoms with Crippen molar-refractivity contribution in [1.29, 1.82) is 0 Å². The van der Waals surface area contributed by atoms with Crippen LogP contribution in [0, 0.1) is 0 Å². The van der Waals surface area contributed by atoms with Gasteiger partial charge in [0.1, 0.15) is 8.24 Å². The van der Waals surface area contributed by atoms with E-state index < -0.39 is 17.5 Å². The molecule has 0 fully saturated rings. The molecule has 0 spiro atoms. The van der Waals surface area contributed by atoms with Gasteiger partial charge >= 0.3 is 9.28 Å². The molecule has 0 aromatic heterocycles. The molecule has 0 saturated carbocycles. The topological polar surface area (TPSA) is 21.7 Å². The SMILES string of the molecule is CCO[SiH](CCCCN(Cc1ccccc1)[Si](C(C)C)(C(C)C)C(C)C)OCC. The highest BCUT2D eigenvalue weighted by molar-refractivity contribution is 6.80. The number of nitrogens with zero attached hydrogens (tertiary/aromatic N) is 1. The van der Waals surface area contributed by atoms with E-state index in [4.69, 9.17) is 8.85 Å². The van der Waals surface area contributed by atoms with Crippen molar-refractivity contribution in [3.63, 3.8) is 0 Å². The molecule has 5 heteroatoms. The normalized spacial score (nSPS) is 12.9. The lowest BCUT2D eigenvalue weighted by Crippen LogP contribution is -2.60. The summed E-state index contributed by atoms with van der Waals surface area (Å²) < 4.78 is 14.7. The Morgan fingerprint density at radius 1 is 0.828 bits per heavy atom. The van der Waals surface area contributed by atoms with E-state index in [1.165, 1.54) is 24.9 Å². The molecular formula is C24H47NO2Si2. The predicted octanol–water partition coefficient (Wildman–Crippen LogP) is 6.74. The molecule has 1 aromatic rings. The van der Waals surface area contributed by atoms with Gasteiger partial charge in [-0.25, -0.2) is 0 Å². The second kappa shape index (κ2) is 13.8. The maximum atomic E-state index is 5.88. The zero-order valence-corrected chi connectivity index (χ0v) is 22.6. The van der Waals surface area contributed by atoms with Crippen LogP contribution in [0.15, 0.2) is 30.3 Å². The van der Waals surface area contributed by atoms with Crippen molar-refractivity contribution in [3.05, 3.63) is 35.9 Å². The van der Waals surface area contributed by atoms with Gasteiger partial charge in [-0.2, -0.15) is 0 Å². The summed E-state index contributed by atoms with van der Waals surface area (Å²) in [7, 11) is -3.14. The van der Waals surface area contributed by atoms with Gasteiger partial charge in [0.05, 0.1) is 0 Å². The average molecular weight is 438 g/mol. The zero-order valence-electron chi connectivity index (χ0n) is 20.4. The number of hydrogen-bond donors (Lipinski definition) is 0. The van der Waals surface area contributed by atoms with Crippen molar-refractivity contribution in [2.45, 2.75) is 97.4 Å². The summed E-state index contributed by atoms with van der Waals surface area (Å²) in [5, 5.41) is 0. The van der Waals surface area contributed by atoms with Crippen LogP contribution < -0.4 is 0 Å². The molecule has 0 aliphatic rings. The minimum Gasteiger partial charge on any atom is -0.397 e. The Hall–Kier alpha value is -0.466. The largest absolute Gasteiger partial charge is 0.397 e. The monoisotopic (exact) mass is 437 g/mol. The lowest BCUT2D eigenvalue weighted by atomic mass is 10.2. The van der Waals surface area contributed by atoms with Gasteiger partial charge in [-0.1, -0.05) is 78.3 Å². The highest BCUT2D eigenvalue weighted by atomic mass is 28.3. The molecule has 0 atom stereocenters. The summed E-state index contributed by atoms with van der Waals surface area (Å²) in [5.41, 5.74) is 3.66. The van der Waals surface area contributed by atoms with Crippen LogP contribution in [0.5, 0.6) is 0 Å². The van der Waals surface area contributed by atoms with Crippen LogP contribution in [0.1, 0.15) is 73.8 Å². The van der Waals surface area contributed by atoms with Crippen LogP contribution in [-0.4, -0.2) is 41.8 Å². The third kappa shape index (κ3) is 7.62. The summed E-state index contributed by atoms with van der Waals surface area (Å²) in [6, 6.07) is 12.2. The summed E-state index contributed by atoms with van der Waals surface area (Å²) in [4.78, 5) is 0. The molecular weight excluding hydrogens is 390 g/mol. The molecule has 0 amide bonds.